The number of hydrogen-bond acceptors (Lipinski definition) is 3. The number of benzene rings is 1. The van der Waals surface area contributed by atoms with Crippen LogP contribution in [0.15, 0.2) is 23.1 Å². The predicted molar refractivity (Wildman–Crippen MR) is 59.8 cm³/mol. The van der Waals surface area contributed by atoms with Crippen molar-refractivity contribution in [2.45, 2.75) is 24.8 Å². The van der Waals surface area contributed by atoms with Crippen molar-refractivity contribution in [3.63, 3.8) is 0 Å². The molecule has 6 heteroatoms. The molecule has 0 fully saturated rings. The lowest BCUT2D eigenvalue weighted by atomic mass is 10.2. The van der Waals surface area contributed by atoms with E-state index in [1.165, 1.54) is 18.2 Å². The van der Waals surface area contributed by atoms with Gasteiger partial charge in [0.05, 0.1) is 4.90 Å². The number of rotatable bonds is 5. The van der Waals surface area contributed by atoms with Crippen LogP contribution in [-0.2, 0) is 16.6 Å². The Morgan fingerprint density at radius 1 is 1.44 bits per heavy atom. The fourth-order valence-corrected chi connectivity index (χ4v) is 2.69. The van der Waals surface area contributed by atoms with E-state index in [0.29, 0.717) is 13.0 Å². The molecule has 0 aromatic heterocycles. The van der Waals surface area contributed by atoms with Crippen LogP contribution in [0.3, 0.4) is 0 Å². The molecule has 0 bridgehead atoms. The van der Waals surface area contributed by atoms with E-state index in [2.05, 4.69) is 4.72 Å². The molecule has 16 heavy (non-hydrogen) atoms. The van der Waals surface area contributed by atoms with Gasteiger partial charge in [-0.05, 0) is 18.6 Å². The first-order valence-electron chi connectivity index (χ1n) is 5.00. The van der Waals surface area contributed by atoms with Gasteiger partial charge < -0.3 is 5.73 Å². The van der Waals surface area contributed by atoms with E-state index in [-0.39, 0.29) is 17.0 Å². The molecule has 0 aliphatic rings. The first-order chi connectivity index (χ1) is 7.53. The summed E-state index contributed by atoms with van der Waals surface area (Å²) in [5.41, 5.74) is 5.36. The first-order valence-corrected chi connectivity index (χ1v) is 6.48. The smallest absolute Gasteiger partial charge is 0.240 e. The summed E-state index contributed by atoms with van der Waals surface area (Å²) < 4.78 is 39.3. The highest BCUT2D eigenvalue weighted by atomic mass is 32.2. The molecule has 0 saturated heterocycles. The van der Waals surface area contributed by atoms with Gasteiger partial charge in [-0.25, -0.2) is 17.5 Å². The third kappa shape index (κ3) is 2.78. The van der Waals surface area contributed by atoms with Gasteiger partial charge in [0.1, 0.15) is 5.82 Å². The highest BCUT2D eigenvalue weighted by molar-refractivity contribution is 7.89. The third-order valence-corrected chi connectivity index (χ3v) is 3.66. The van der Waals surface area contributed by atoms with Crippen LogP contribution in [0.25, 0.3) is 0 Å². The molecule has 0 aliphatic heterocycles. The second kappa shape index (κ2) is 5.38. The van der Waals surface area contributed by atoms with E-state index in [1.807, 2.05) is 6.92 Å². The fraction of sp³-hybridized carbons (Fsp3) is 0.400. The monoisotopic (exact) mass is 246 g/mol. The van der Waals surface area contributed by atoms with Crippen molar-refractivity contribution in [3.05, 3.63) is 29.6 Å². The number of sulfonamides is 1. The van der Waals surface area contributed by atoms with Crippen molar-refractivity contribution in [2.24, 2.45) is 5.73 Å². The van der Waals surface area contributed by atoms with Gasteiger partial charge in [-0.15, -0.1) is 0 Å². The summed E-state index contributed by atoms with van der Waals surface area (Å²) in [5, 5.41) is 0. The van der Waals surface area contributed by atoms with Crippen molar-refractivity contribution < 1.29 is 12.8 Å². The second-order valence-corrected chi connectivity index (χ2v) is 5.05. The molecule has 0 radical (unpaired) electrons. The van der Waals surface area contributed by atoms with Crippen LogP contribution in [0.1, 0.15) is 18.9 Å². The fourth-order valence-electron chi connectivity index (χ4n) is 1.30. The summed E-state index contributed by atoms with van der Waals surface area (Å²) in [6, 6.07) is 3.90. The van der Waals surface area contributed by atoms with Crippen molar-refractivity contribution >= 4 is 10.0 Å². The summed E-state index contributed by atoms with van der Waals surface area (Å²) in [5.74, 6) is -0.595. The minimum atomic E-state index is -3.66. The molecule has 1 aromatic carbocycles. The Balaban J connectivity index is 3.17. The highest BCUT2D eigenvalue weighted by Gasteiger charge is 2.19. The van der Waals surface area contributed by atoms with E-state index in [0.717, 1.165) is 0 Å². The molecule has 1 aromatic rings. The largest absolute Gasteiger partial charge is 0.326 e. The minimum Gasteiger partial charge on any atom is -0.326 e. The lowest BCUT2D eigenvalue weighted by Crippen LogP contribution is -2.26. The third-order valence-electron chi connectivity index (χ3n) is 2.11. The lowest BCUT2D eigenvalue weighted by Gasteiger charge is -2.10. The zero-order chi connectivity index (χ0) is 12.2. The molecule has 0 atom stereocenters. The number of nitrogens with one attached hydrogen (secondary N) is 1. The standard InChI is InChI=1S/C10H15FN2O2S/c1-2-6-13-16(14,15)10-5-3-4-9(11)8(10)7-12/h3-5,13H,2,6-7,12H2,1H3. The summed E-state index contributed by atoms with van der Waals surface area (Å²) in [6.45, 7) is 2.02. The zero-order valence-corrected chi connectivity index (χ0v) is 9.85. The van der Waals surface area contributed by atoms with Gasteiger partial charge in [0.2, 0.25) is 10.0 Å². The maximum absolute atomic E-state index is 13.3. The van der Waals surface area contributed by atoms with Crippen LogP contribution in [0.4, 0.5) is 4.39 Å². The predicted octanol–water partition coefficient (Wildman–Crippen LogP) is 0.973. The molecule has 0 spiro atoms. The molecule has 1 rings (SSSR count). The topological polar surface area (TPSA) is 72.2 Å². The van der Waals surface area contributed by atoms with E-state index >= 15 is 0 Å². The van der Waals surface area contributed by atoms with E-state index in [1.54, 1.807) is 0 Å². The van der Waals surface area contributed by atoms with Crippen molar-refractivity contribution in [1.82, 2.24) is 4.72 Å². The maximum Gasteiger partial charge on any atom is 0.240 e. The minimum absolute atomic E-state index is 0.0195. The Hall–Kier alpha value is -0.980. The summed E-state index contributed by atoms with van der Waals surface area (Å²) in [6.07, 6.45) is 0.673. The Morgan fingerprint density at radius 3 is 2.69 bits per heavy atom. The molecule has 0 unspecified atom stereocenters. The molecule has 3 N–H and O–H groups in total. The van der Waals surface area contributed by atoms with Crippen molar-refractivity contribution in [2.75, 3.05) is 6.54 Å². The molecule has 0 saturated carbocycles. The van der Waals surface area contributed by atoms with E-state index < -0.39 is 15.8 Å². The van der Waals surface area contributed by atoms with Crippen molar-refractivity contribution in [1.29, 1.82) is 0 Å². The summed E-state index contributed by atoms with van der Waals surface area (Å²) >= 11 is 0. The number of hydrogen-bond donors (Lipinski definition) is 2. The average molecular weight is 246 g/mol. The summed E-state index contributed by atoms with van der Waals surface area (Å²) in [4.78, 5) is -0.0801. The molecule has 0 aliphatic carbocycles. The van der Waals surface area contributed by atoms with Crippen LogP contribution in [0, 0.1) is 5.82 Å². The Morgan fingerprint density at radius 2 is 2.12 bits per heavy atom. The Bertz CT molecular complexity index is 460. The number of halogens is 1. The summed E-state index contributed by atoms with van der Waals surface area (Å²) in [7, 11) is -3.66. The molecular formula is C10H15FN2O2S. The molecule has 0 heterocycles. The van der Waals surface area contributed by atoms with Crippen LogP contribution in [-0.4, -0.2) is 15.0 Å². The van der Waals surface area contributed by atoms with Crippen LogP contribution < -0.4 is 10.5 Å². The van der Waals surface area contributed by atoms with Gasteiger partial charge in [-0.3, -0.25) is 0 Å². The SMILES string of the molecule is CCCNS(=O)(=O)c1cccc(F)c1CN. The quantitative estimate of drug-likeness (QED) is 0.813. The number of nitrogens with two attached hydrogens (primary N) is 1. The first kappa shape index (κ1) is 13.1. The van der Waals surface area contributed by atoms with Crippen LogP contribution >= 0.6 is 0 Å². The average Bonchev–Trinajstić information content (AvgIpc) is 2.26. The Labute approximate surface area is 94.7 Å². The van der Waals surface area contributed by atoms with Gasteiger partial charge in [-0.2, -0.15) is 0 Å². The molecule has 0 amide bonds. The van der Waals surface area contributed by atoms with Gasteiger partial charge >= 0.3 is 0 Å². The normalized spacial score (nSPS) is 11.7. The highest BCUT2D eigenvalue weighted by Crippen LogP contribution is 2.18. The van der Waals surface area contributed by atoms with Gasteiger partial charge in [0.15, 0.2) is 0 Å². The Kier molecular flexibility index (Phi) is 4.40. The van der Waals surface area contributed by atoms with Crippen LogP contribution in [0.5, 0.6) is 0 Å². The zero-order valence-electron chi connectivity index (χ0n) is 9.03. The second-order valence-electron chi connectivity index (χ2n) is 3.32. The molecule has 4 nitrogen and oxygen atoms in total. The van der Waals surface area contributed by atoms with E-state index in [4.69, 9.17) is 5.73 Å². The van der Waals surface area contributed by atoms with Gasteiger partial charge in [0, 0.05) is 18.7 Å². The van der Waals surface area contributed by atoms with Gasteiger partial charge in [0.25, 0.3) is 0 Å². The van der Waals surface area contributed by atoms with E-state index in [9.17, 15) is 12.8 Å². The molecule has 90 valence electrons. The lowest BCUT2D eigenvalue weighted by molar-refractivity contribution is 0.571. The van der Waals surface area contributed by atoms with Crippen LogP contribution in [0.2, 0.25) is 0 Å². The van der Waals surface area contributed by atoms with Crippen molar-refractivity contribution in [3.8, 4) is 0 Å². The maximum atomic E-state index is 13.3. The van der Waals surface area contributed by atoms with Gasteiger partial charge in [-0.1, -0.05) is 13.0 Å². The molecular weight excluding hydrogens is 231 g/mol.